The number of amides is 2. The van der Waals surface area contributed by atoms with Crippen LogP contribution in [0.2, 0.25) is 0 Å². The molecule has 8 nitrogen and oxygen atoms in total. The van der Waals surface area contributed by atoms with Crippen molar-refractivity contribution in [2.75, 3.05) is 20.8 Å². The van der Waals surface area contributed by atoms with Crippen molar-refractivity contribution in [1.82, 2.24) is 20.2 Å². The molecule has 4 aromatic rings. The number of H-pyrrole nitrogens is 1. The van der Waals surface area contributed by atoms with Crippen LogP contribution in [0.25, 0.3) is 10.9 Å². The van der Waals surface area contributed by atoms with Crippen LogP contribution in [0.3, 0.4) is 0 Å². The molecule has 1 fully saturated rings. The van der Waals surface area contributed by atoms with E-state index in [0.717, 1.165) is 47.7 Å². The lowest BCUT2D eigenvalue weighted by Gasteiger charge is -2.33. The van der Waals surface area contributed by atoms with E-state index in [9.17, 15) is 9.59 Å². The van der Waals surface area contributed by atoms with Gasteiger partial charge in [-0.15, -0.1) is 0 Å². The minimum atomic E-state index is -0.802. The minimum absolute atomic E-state index is 0.117. The lowest BCUT2D eigenvalue weighted by Crippen LogP contribution is -2.48. The Hall–Kier alpha value is -4.33. The zero-order valence-corrected chi connectivity index (χ0v) is 23.8. The largest absolute Gasteiger partial charge is 0.493 e. The van der Waals surface area contributed by atoms with E-state index in [1.165, 1.54) is 6.42 Å². The van der Waals surface area contributed by atoms with Gasteiger partial charge >= 0.3 is 0 Å². The van der Waals surface area contributed by atoms with Gasteiger partial charge < -0.3 is 24.7 Å². The molecule has 0 bridgehead atoms. The summed E-state index contributed by atoms with van der Waals surface area (Å²) < 4.78 is 10.9. The highest BCUT2D eigenvalue weighted by molar-refractivity contribution is 5.92. The molecule has 0 spiro atoms. The summed E-state index contributed by atoms with van der Waals surface area (Å²) in [6, 6.07) is 16.7. The molecule has 0 aliphatic heterocycles. The van der Waals surface area contributed by atoms with Crippen LogP contribution >= 0.6 is 0 Å². The summed E-state index contributed by atoms with van der Waals surface area (Å²) in [5, 5.41) is 4.27. The second kappa shape index (κ2) is 13.4. The van der Waals surface area contributed by atoms with E-state index in [-0.39, 0.29) is 24.3 Å². The van der Waals surface area contributed by atoms with Crippen LogP contribution in [0.1, 0.15) is 54.8 Å². The average Bonchev–Trinajstić information content (AvgIpc) is 3.42. The van der Waals surface area contributed by atoms with Crippen molar-refractivity contribution in [2.24, 2.45) is 0 Å². The van der Waals surface area contributed by atoms with Crippen molar-refractivity contribution in [1.29, 1.82) is 0 Å². The minimum Gasteiger partial charge on any atom is -0.493 e. The summed E-state index contributed by atoms with van der Waals surface area (Å²) in [5.41, 5.74) is 3.55. The fourth-order valence-electron chi connectivity index (χ4n) is 5.76. The third kappa shape index (κ3) is 6.70. The molecule has 8 heteroatoms. The number of carbonyl (C=O) groups excluding carboxylic acids is 2. The number of hydrogen-bond donors (Lipinski definition) is 2. The van der Waals surface area contributed by atoms with Crippen LogP contribution in [0, 0.1) is 0 Å². The number of aromatic nitrogens is 2. The quantitative estimate of drug-likeness (QED) is 0.259. The van der Waals surface area contributed by atoms with Gasteiger partial charge in [0, 0.05) is 47.6 Å². The molecule has 214 valence electrons. The van der Waals surface area contributed by atoms with Gasteiger partial charge in [-0.3, -0.25) is 14.6 Å². The molecule has 0 unspecified atom stereocenters. The highest BCUT2D eigenvalue weighted by atomic mass is 16.5. The molecule has 2 aromatic heterocycles. The van der Waals surface area contributed by atoms with Gasteiger partial charge in [0.05, 0.1) is 20.6 Å². The molecule has 2 heterocycles. The van der Waals surface area contributed by atoms with Gasteiger partial charge in [-0.05, 0) is 54.7 Å². The van der Waals surface area contributed by atoms with E-state index in [0.29, 0.717) is 30.0 Å². The molecule has 41 heavy (non-hydrogen) atoms. The van der Waals surface area contributed by atoms with Gasteiger partial charge in [-0.25, -0.2) is 0 Å². The fraction of sp³-hybridized carbons (Fsp3) is 0.364. The maximum absolute atomic E-state index is 14.2. The second-order valence-corrected chi connectivity index (χ2v) is 10.6. The normalized spacial score (nSPS) is 14.4. The number of methoxy groups -OCH3 is 2. The zero-order valence-electron chi connectivity index (χ0n) is 23.8. The molecular weight excluding hydrogens is 516 g/mol. The number of para-hydroxylation sites is 1. The van der Waals surface area contributed by atoms with Crippen LogP contribution < -0.4 is 14.8 Å². The zero-order chi connectivity index (χ0) is 28.6. The van der Waals surface area contributed by atoms with Crippen molar-refractivity contribution >= 4 is 22.7 Å². The number of carbonyl (C=O) groups is 2. The fourth-order valence-corrected chi connectivity index (χ4v) is 5.76. The van der Waals surface area contributed by atoms with E-state index < -0.39 is 6.04 Å². The first-order valence-corrected chi connectivity index (χ1v) is 14.3. The van der Waals surface area contributed by atoms with Gasteiger partial charge in [0.2, 0.25) is 11.8 Å². The molecule has 5 rings (SSSR count). The number of benzene rings is 2. The van der Waals surface area contributed by atoms with Gasteiger partial charge in [-0.1, -0.05) is 49.6 Å². The Morgan fingerprint density at radius 2 is 1.83 bits per heavy atom. The predicted molar refractivity (Wildman–Crippen MR) is 159 cm³/mol. The van der Waals surface area contributed by atoms with Crippen LogP contribution in [0.5, 0.6) is 11.5 Å². The first-order chi connectivity index (χ1) is 20.1. The maximum Gasteiger partial charge on any atom is 0.247 e. The van der Waals surface area contributed by atoms with Crippen molar-refractivity contribution < 1.29 is 19.1 Å². The van der Waals surface area contributed by atoms with Crippen LogP contribution in [0.4, 0.5) is 0 Å². The van der Waals surface area contributed by atoms with E-state index in [2.05, 4.69) is 15.3 Å². The SMILES string of the molecule is COc1ccc(CCN(C(=O)Cc2c[nH]c3ccccc23)[C@@H](C(=O)NC2CCCCC2)c2cccnc2)cc1OC. The predicted octanol–water partition coefficient (Wildman–Crippen LogP) is 5.38. The van der Waals surface area contributed by atoms with Gasteiger partial charge in [0.25, 0.3) is 0 Å². The summed E-state index contributed by atoms with van der Waals surface area (Å²) >= 11 is 0. The summed E-state index contributed by atoms with van der Waals surface area (Å²) in [4.78, 5) is 37.5. The van der Waals surface area contributed by atoms with Crippen LogP contribution in [-0.2, 0) is 22.4 Å². The molecule has 2 N–H and O–H groups in total. The molecule has 1 aliphatic carbocycles. The Kier molecular flexibility index (Phi) is 9.19. The average molecular weight is 555 g/mol. The Morgan fingerprint density at radius 3 is 2.59 bits per heavy atom. The molecule has 0 radical (unpaired) electrons. The van der Waals surface area contributed by atoms with Crippen LogP contribution in [0.15, 0.2) is 73.2 Å². The molecule has 1 aliphatic rings. The Labute approximate surface area is 241 Å². The molecular formula is C33H38N4O4. The van der Waals surface area contributed by atoms with Crippen LogP contribution in [-0.4, -0.2) is 53.5 Å². The molecule has 1 atom stereocenters. The van der Waals surface area contributed by atoms with Crippen molar-refractivity contribution in [3.63, 3.8) is 0 Å². The van der Waals surface area contributed by atoms with E-state index in [1.54, 1.807) is 31.5 Å². The number of pyridine rings is 1. The van der Waals surface area contributed by atoms with Gasteiger partial charge in [0.15, 0.2) is 11.5 Å². The Balaban J connectivity index is 1.47. The first kappa shape index (κ1) is 28.2. The van der Waals surface area contributed by atoms with E-state index in [1.807, 2.05) is 60.8 Å². The number of nitrogens with one attached hydrogen (secondary N) is 2. The Morgan fingerprint density at radius 1 is 1.02 bits per heavy atom. The lowest BCUT2D eigenvalue weighted by atomic mass is 9.94. The number of fused-ring (bicyclic) bond motifs is 1. The molecule has 2 aromatic carbocycles. The van der Waals surface area contributed by atoms with Crippen molar-refractivity contribution in [3.05, 3.63) is 89.9 Å². The standard InChI is InChI=1S/C33H38N4O4/c1-40-29-15-14-23(19-30(29)41-2)16-18-37(31(38)20-25-22-35-28-13-7-6-12-27(25)28)32(24-9-8-17-34-21-24)33(39)36-26-10-4-3-5-11-26/h6-9,12-15,17,19,21-22,26,32,35H,3-5,10-11,16,18,20H2,1-2H3,(H,36,39)/t32-/m1/s1. The van der Waals surface area contributed by atoms with E-state index >= 15 is 0 Å². The second-order valence-electron chi connectivity index (χ2n) is 10.6. The number of rotatable bonds is 11. The summed E-state index contributed by atoms with van der Waals surface area (Å²) in [5.74, 6) is 0.983. The van der Waals surface area contributed by atoms with Crippen molar-refractivity contribution in [3.8, 4) is 11.5 Å². The first-order valence-electron chi connectivity index (χ1n) is 14.3. The van der Waals surface area contributed by atoms with E-state index in [4.69, 9.17) is 9.47 Å². The summed E-state index contributed by atoms with van der Waals surface area (Å²) in [7, 11) is 3.21. The summed E-state index contributed by atoms with van der Waals surface area (Å²) in [6.45, 7) is 0.342. The number of nitrogens with zero attached hydrogens (tertiary/aromatic N) is 2. The highest BCUT2D eigenvalue weighted by Gasteiger charge is 2.33. The number of ether oxygens (including phenoxy) is 2. The Bertz CT molecular complexity index is 1460. The molecule has 2 amide bonds. The van der Waals surface area contributed by atoms with Gasteiger partial charge in [-0.2, -0.15) is 0 Å². The maximum atomic E-state index is 14.2. The van der Waals surface area contributed by atoms with Crippen molar-refractivity contribution in [2.45, 2.75) is 57.0 Å². The molecule has 1 saturated carbocycles. The monoisotopic (exact) mass is 554 g/mol. The van der Waals surface area contributed by atoms with Gasteiger partial charge in [0.1, 0.15) is 6.04 Å². The third-order valence-electron chi connectivity index (χ3n) is 7.94. The highest BCUT2D eigenvalue weighted by Crippen LogP contribution is 2.29. The molecule has 0 saturated heterocycles. The number of hydrogen-bond acceptors (Lipinski definition) is 5. The summed E-state index contributed by atoms with van der Waals surface area (Å²) in [6.07, 6.45) is 11.3. The third-order valence-corrected chi connectivity index (χ3v) is 7.94. The smallest absolute Gasteiger partial charge is 0.247 e. The number of aromatic amines is 1. The lowest BCUT2D eigenvalue weighted by molar-refractivity contribution is -0.140. The topological polar surface area (TPSA) is 96.5 Å².